The van der Waals surface area contributed by atoms with E-state index in [4.69, 9.17) is 27.9 Å². The van der Waals surface area contributed by atoms with Gasteiger partial charge in [0.1, 0.15) is 5.75 Å². The first kappa shape index (κ1) is 29.0. The fourth-order valence-corrected chi connectivity index (χ4v) is 6.80. The molecule has 0 saturated carbocycles. The summed E-state index contributed by atoms with van der Waals surface area (Å²) in [5, 5.41) is 0.526. The average molecular weight is 613 g/mol. The number of likely N-dealkylation sites (tertiary alicyclic amines) is 1. The molecule has 0 unspecified atom stereocenters. The largest absolute Gasteiger partial charge is 0.496 e. The number of methoxy groups -OCH3 is 1. The molecule has 0 bridgehead atoms. The van der Waals surface area contributed by atoms with Crippen molar-refractivity contribution in [1.29, 1.82) is 0 Å². The first-order valence-electron chi connectivity index (χ1n) is 12.0. The molecule has 0 spiro atoms. The van der Waals surface area contributed by atoms with Crippen LogP contribution in [0.3, 0.4) is 0 Å². The maximum Gasteiger partial charge on any atom is 0.261 e. The second-order valence-electron chi connectivity index (χ2n) is 9.23. The van der Waals surface area contributed by atoms with Crippen LogP contribution in [0.2, 0.25) is 10.0 Å². The van der Waals surface area contributed by atoms with E-state index in [1.165, 1.54) is 67.8 Å². The molecule has 9 nitrogen and oxygen atoms in total. The zero-order valence-electron chi connectivity index (χ0n) is 21.1. The molecule has 2 N–H and O–H groups in total. The van der Waals surface area contributed by atoms with Crippen LogP contribution in [0.15, 0.2) is 70.5 Å². The van der Waals surface area contributed by atoms with Crippen LogP contribution in [0.5, 0.6) is 5.75 Å². The molecule has 1 amide bonds. The van der Waals surface area contributed by atoms with Gasteiger partial charge in [0.25, 0.3) is 26.0 Å². The number of hydrogen-bond acceptors (Lipinski definition) is 6. The van der Waals surface area contributed by atoms with Crippen LogP contribution in [0, 0.1) is 5.92 Å². The third kappa shape index (κ3) is 6.96. The van der Waals surface area contributed by atoms with E-state index in [0.717, 1.165) is 12.8 Å². The summed E-state index contributed by atoms with van der Waals surface area (Å²) in [5.74, 6) is 0.513. The van der Waals surface area contributed by atoms with Gasteiger partial charge in [-0.25, -0.2) is 16.8 Å². The van der Waals surface area contributed by atoms with Crippen molar-refractivity contribution in [3.8, 4) is 5.75 Å². The van der Waals surface area contributed by atoms with Crippen molar-refractivity contribution < 1.29 is 26.4 Å². The Morgan fingerprint density at radius 2 is 1.36 bits per heavy atom. The minimum Gasteiger partial charge on any atom is -0.496 e. The molecule has 13 heteroatoms. The molecule has 39 heavy (non-hydrogen) atoms. The average Bonchev–Trinajstić information content (AvgIpc) is 2.87. The number of piperidine rings is 1. The summed E-state index contributed by atoms with van der Waals surface area (Å²) in [6, 6.07) is 13.5. The fourth-order valence-electron chi connectivity index (χ4n) is 4.15. The second kappa shape index (κ2) is 11.6. The van der Waals surface area contributed by atoms with Crippen LogP contribution < -0.4 is 14.2 Å². The van der Waals surface area contributed by atoms with E-state index in [9.17, 15) is 21.6 Å². The number of carbonyl (C=O) groups excluding carboxylic acids is 1. The topological polar surface area (TPSA) is 122 Å². The lowest BCUT2D eigenvalue weighted by molar-refractivity contribution is 0.0693. The van der Waals surface area contributed by atoms with Gasteiger partial charge in [-0.2, -0.15) is 0 Å². The fraction of sp³-hybridized carbons (Fsp3) is 0.269. The van der Waals surface area contributed by atoms with Crippen molar-refractivity contribution in [1.82, 2.24) is 4.90 Å². The summed E-state index contributed by atoms with van der Waals surface area (Å²) in [7, 11) is -6.69. The van der Waals surface area contributed by atoms with E-state index >= 15 is 0 Å². The zero-order valence-corrected chi connectivity index (χ0v) is 24.3. The van der Waals surface area contributed by atoms with Crippen LogP contribution in [-0.2, 0) is 20.0 Å². The summed E-state index contributed by atoms with van der Waals surface area (Å²) >= 11 is 11.9. The van der Waals surface area contributed by atoms with Crippen molar-refractivity contribution in [3.05, 3.63) is 76.3 Å². The molecule has 3 aromatic carbocycles. The first-order valence-corrected chi connectivity index (χ1v) is 15.7. The predicted octanol–water partition coefficient (Wildman–Crippen LogP) is 5.48. The van der Waals surface area contributed by atoms with Crippen LogP contribution in [-0.4, -0.2) is 47.8 Å². The number of carbonyl (C=O) groups is 1. The number of nitrogens with one attached hydrogen (secondary N) is 2. The molecule has 1 fully saturated rings. The molecule has 3 aromatic rings. The van der Waals surface area contributed by atoms with Gasteiger partial charge in [0, 0.05) is 28.8 Å². The molecule has 208 valence electrons. The highest BCUT2D eigenvalue weighted by atomic mass is 35.5. The number of hydrogen-bond donors (Lipinski definition) is 2. The van der Waals surface area contributed by atoms with Gasteiger partial charge in [-0.1, -0.05) is 30.1 Å². The molecule has 0 aliphatic carbocycles. The lowest BCUT2D eigenvalue weighted by Gasteiger charge is -2.30. The lowest BCUT2D eigenvalue weighted by atomic mass is 9.98. The predicted molar refractivity (Wildman–Crippen MR) is 152 cm³/mol. The molecular formula is C26H27Cl2N3O6S2. The molecule has 1 saturated heterocycles. The summed E-state index contributed by atoms with van der Waals surface area (Å²) in [4.78, 5) is 14.6. The number of benzene rings is 3. The minimum absolute atomic E-state index is 0.102. The Balaban J connectivity index is 1.53. The molecule has 0 aromatic heterocycles. The van der Waals surface area contributed by atoms with Crippen molar-refractivity contribution >= 4 is 60.5 Å². The Kier molecular flexibility index (Phi) is 8.65. The Labute approximate surface area is 238 Å². The van der Waals surface area contributed by atoms with Gasteiger partial charge in [0.15, 0.2) is 0 Å². The number of ether oxygens (including phenoxy) is 1. The van der Waals surface area contributed by atoms with E-state index in [1.807, 2.05) is 0 Å². The highest BCUT2D eigenvalue weighted by molar-refractivity contribution is 7.93. The highest BCUT2D eigenvalue weighted by Crippen LogP contribution is 2.28. The molecule has 1 aliphatic rings. The Morgan fingerprint density at radius 1 is 0.821 bits per heavy atom. The summed E-state index contributed by atoms with van der Waals surface area (Å²) in [5.41, 5.74) is 0.471. The minimum atomic E-state index is -4.11. The highest BCUT2D eigenvalue weighted by Gasteiger charge is 2.26. The monoisotopic (exact) mass is 611 g/mol. The number of sulfonamides is 2. The van der Waals surface area contributed by atoms with E-state index in [-0.39, 0.29) is 48.4 Å². The SMILES string of the molecule is COc1ccc(S(=O)(=O)Nc2ccc(S(=O)(=O)Nc3cc(Cl)cc(Cl)c3)cc2)cc1C(=O)N1CCC(C)CC1. The number of anilines is 2. The van der Waals surface area contributed by atoms with Gasteiger partial charge in [-0.15, -0.1) is 0 Å². The standard InChI is InChI=1S/C26H27Cl2N3O6S2/c1-17-9-11-31(12-10-17)26(32)24-16-23(7-8-25(24)37-2)39(35,36)29-20-3-5-22(6-4-20)38(33,34)30-21-14-18(27)13-19(28)15-21/h3-8,13-17,29-30H,9-12H2,1-2H3. The zero-order chi connectivity index (χ0) is 28.4. The first-order chi connectivity index (χ1) is 18.4. The van der Waals surface area contributed by atoms with Gasteiger partial charge in [0.05, 0.1) is 28.2 Å². The summed E-state index contributed by atoms with van der Waals surface area (Å²) in [6.45, 7) is 3.31. The second-order valence-corrected chi connectivity index (χ2v) is 13.5. The Bertz CT molecular complexity index is 1570. The summed E-state index contributed by atoms with van der Waals surface area (Å²) in [6.07, 6.45) is 1.75. The smallest absolute Gasteiger partial charge is 0.261 e. The maximum absolute atomic E-state index is 13.2. The van der Waals surface area contributed by atoms with E-state index in [1.54, 1.807) is 4.90 Å². The normalized spacial score (nSPS) is 14.6. The number of amides is 1. The Hall–Kier alpha value is -2.99. The van der Waals surface area contributed by atoms with Gasteiger partial charge in [-0.3, -0.25) is 14.2 Å². The number of halogens is 2. The lowest BCUT2D eigenvalue weighted by Crippen LogP contribution is -2.38. The van der Waals surface area contributed by atoms with Crippen LogP contribution in [0.4, 0.5) is 11.4 Å². The molecule has 1 heterocycles. The number of rotatable bonds is 8. The van der Waals surface area contributed by atoms with E-state index in [2.05, 4.69) is 16.4 Å². The quantitative estimate of drug-likeness (QED) is 0.348. The van der Waals surface area contributed by atoms with Gasteiger partial charge in [-0.05, 0) is 79.4 Å². The van der Waals surface area contributed by atoms with Crippen LogP contribution in [0.25, 0.3) is 0 Å². The van der Waals surface area contributed by atoms with Crippen molar-refractivity contribution in [2.45, 2.75) is 29.6 Å². The third-order valence-corrected chi connectivity index (χ3v) is 9.53. The van der Waals surface area contributed by atoms with Gasteiger partial charge in [0.2, 0.25) is 0 Å². The van der Waals surface area contributed by atoms with Crippen LogP contribution >= 0.6 is 23.2 Å². The summed E-state index contributed by atoms with van der Waals surface area (Å²) < 4.78 is 62.0. The van der Waals surface area contributed by atoms with E-state index in [0.29, 0.717) is 19.0 Å². The number of nitrogens with zero attached hydrogens (tertiary/aromatic N) is 1. The maximum atomic E-state index is 13.2. The van der Waals surface area contributed by atoms with Crippen molar-refractivity contribution in [3.63, 3.8) is 0 Å². The third-order valence-electron chi connectivity index (χ3n) is 6.31. The van der Waals surface area contributed by atoms with Crippen LogP contribution in [0.1, 0.15) is 30.1 Å². The van der Waals surface area contributed by atoms with E-state index < -0.39 is 20.0 Å². The van der Waals surface area contributed by atoms with Gasteiger partial charge < -0.3 is 9.64 Å². The van der Waals surface area contributed by atoms with Crippen molar-refractivity contribution in [2.75, 3.05) is 29.6 Å². The van der Waals surface area contributed by atoms with Gasteiger partial charge >= 0.3 is 0 Å². The molecule has 4 rings (SSSR count). The molecule has 0 atom stereocenters. The van der Waals surface area contributed by atoms with Crippen molar-refractivity contribution in [2.24, 2.45) is 5.92 Å². The molecule has 1 aliphatic heterocycles. The Morgan fingerprint density at radius 3 is 1.95 bits per heavy atom. The molecule has 0 radical (unpaired) electrons. The molecular weight excluding hydrogens is 585 g/mol.